The number of aryl methyl sites for hydroxylation is 1. The Morgan fingerprint density at radius 2 is 1.71 bits per heavy atom. The van der Waals surface area contributed by atoms with E-state index in [1.54, 1.807) is 6.07 Å². The minimum atomic E-state index is -0.641. The number of likely N-dealkylation sites (N-methyl/N-ethyl adjacent to an activating group) is 1. The summed E-state index contributed by atoms with van der Waals surface area (Å²) in [5.41, 5.74) is 2.21. The lowest BCUT2D eigenvalue weighted by Gasteiger charge is -2.22. The van der Waals surface area contributed by atoms with Crippen LogP contribution in [0.4, 0.5) is 5.69 Å². The normalized spacial score (nSPS) is 12.0. The quantitative estimate of drug-likeness (QED) is 0.568. The number of hydrogen-bond acceptors (Lipinski definition) is 4. The Morgan fingerprint density at radius 1 is 1.03 bits per heavy atom. The topological polar surface area (TPSA) is 70.7 Å². The Morgan fingerprint density at radius 3 is 2.29 bits per heavy atom. The van der Waals surface area contributed by atoms with Gasteiger partial charge in [0.15, 0.2) is 0 Å². The first-order valence-corrected chi connectivity index (χ1v) is 11.0. The third-order valence-corrected chi connectivity index (χ3v) is 5.21. The van der Waals surface area contributed by atoms with E-state index in [2.05, 4.69) is 29.4 Å². The predicted molar refractivity (Wildman–Crippen MR) is 126 cm³/mol. The van der Waals surface area contributed by atoms with E-state index in [0.29, 0.717) is 17.9 Å². The standard InChI is InChI=1S/C25H35N3O3/c1-6-28(7-2)15-16-31-22-13-11-21(12-14-22)26-25(30)23(18(3)4)27-24(29)20-10-8-9-19(5)17-20/h8-14,17-18,23H,6-7,15-16H2,1-5H3,(H,26,30)(H,27,29). The molecule has 0 bridgehead atoms. The van der Waals surface area contributed by atoms with Crippen LogP contribution < -0.4 is 15.4 Å². The lowest BCUT2D eigenvalue weighted by molar-refractivity contribution is -0.118. The van der Waals surface area contributed by atoms with Crippen LogP contribution in [-0.2, 0) is 4.79 Å². The summed E-state index contributed by atoms with van der Waals surface area (Å²) in [6.07, 6.45) is 0. The molecule has 0 spiro atoms. The number of hydrogen-bond donors (Lipinski definition) is 2. The molecule has 0 saturated heterocycles. The highest BCUT2D eigenvalue weighted by atomic mass is 16.5. The number of rotatable bonds is 11. The van der Waals surface area contributed by atoms with E-state index in [1.165, 1.54) is 0 Å². The predicted octanol–water partition coefficient (Wildman–Crippen LogP) is 4.11. The fourth-order valence-electron chi connectivity index (χ4n) is 3.23. The van der Waals surface area contributed by atoms with E-state index in [4.69, 9.17) is 4.74 Å². The summed E-state index contributed by atoms with van der Waals surface area (Å²) >= 11 is 0. The molecule has 2 rings (SSSR count). The molecule has 0 aliphatic heterocycles. The van der Waals surface area contributed by atoms with Gasteiger partial charge in [-0.15, -0.1) is 0 Å². The molecule has 0 aliphatic carbocycles. The van der Waals surface area contributed by atoms with Gasteiger partial charge < -0.3 is 20.3 Å². The first kappa shape index (κ1) is 24.4. The summed E-state index contributed by atoms with van der Waals surface area (Å²) < 4.78 is 5.79. The largest absolute Gasteiger partial charge is 0.492 e. The van der Waals surface area contributed by atoms with Crippen molar-refractivity contribution in [3.63, 3.8) is 0 Å². The molecule has 0 aliphatic rings. The van der Waals surface area contributed by atoms with Crippen LogP contribution in [0.1, 0.15) is 43.6 Å². The lowest BCUT2D eigenvalue weighted by atomic mass is 10.0. The van der Waals surface area contributed by atoms with Crippen molar-refractivity contribution in [3.8, 4) is 5.75 Å². The molecule has 0 aromatic heterocycles. The van der Waals surface area contributed by atoms with E-state index >= 15 is 0 Å². The highest BCUT2D eigenvalue weighted by Crippen LogP contribution is 2.17. The fourth-order valence-corrected chi connectivity index (χ4v) is 3.23. The smallest absolute Gasteiger partial charge is 0.251 e. The second-order valence-corrected chi connectivity index (χ2v) is 7.95. The number of benzene rings is 2. The van der Waals surface area contributed by atoms with Gasteiger partial charge in [-0.25, -0.2) is 0 Å². The Kier molecular flexibility index (Phi) is 9.53. The summed E-state index contributed by atoms with van der Waals surface area (Å²) in [5.74, 6) is 0.204. The molecule has 2 amide bonds. The zero-order valence-electron chi connectivity index (χ0n) is 19.3. The van der Waals surface area contributed by atoms with Crippen molar-refractivity contribution in [1.29, 1.82) is 0 Å². The van der Waals surface area contributed by atoms with Crippen molar-refractivity contribution >= 4 is 17.5 Å². The molecular weight excluding hydrogens is 390 g/mol. The second kappa shape index (κ2) is 12.1. The van der Waals surface area contributed by atoms with E-state index < -0.39 is 6.04 Å². The molecule has 6 heteroatoms. The van der Waals surface area contributed by atoms with Gasteiger partial charge in [0.1, 0.15) is 18.4 Å². The third-order valence-electron chi connectivity index (χ3n) is 5.21. The number of carbonyl (C=O) groups is 2. The van der Waals surface area contributed by atoms with Crippen LogP contribution in [-0.4, -0.2) is 49.0 Å². The van der Waals surface area contributed by atoms with Gasteiger partial charge in [-0.2, -0.15) is 0 Å². The van der Waals surface area contributed by atoms with Crippen molar-refractivity contribution in [2.45, 2.75) is 40.7 Å². The summed E-state index contributed by atoms with van der Waals surface area (Å²) in [4.78, 5) is 27.7. The Balaban J connectivity index is 1.93. The zero-order chi connectivity index (χ0) is 22.8. The molecule has 0 heterocycles. The summed E-state index contributed by atoms with van der Waals surface area (Å²) in [6.45, 7) is 13.5. The van der Waals surface area contributed by atoms with Crippen LogP contribution in [0.15, 0.2) is 48.5 Å². The molecule has 1 atom stereocenters. The lowest BCUT2D eigenvalue weighted by Crippen LogP contribution is -2.47. The molecule has 2 N–H and O–H groups in total. The maximum Gasteiger partial charge on any atom is 0.251 e. The van der Waals surface area contributed by atoms with Gasteiger partial charge in [0, 0.05) is 17.8 Å². The van der Waals surface area contributed by atoms with Crippen LogP contribution in [0.25, 0.3) is 0 Å². The van der Waals surface area contributed by atoms with Gasteiger partial charge in [-0.05, 0) is 62.3 Å². The van der Waals surface area contributed by atoms with Crippen molar-refractivity contribution in [1.82, 2.24) is 10.2 Å². The zero-order valence-corrected chi connectivity index (χ0v) is 19.3. The van der Waals surface area contributed by atoms with Crippen LogP contribution >= 0.6 is 0 Å². The van der Waals surface area contributed by atoms with E-state index in [1.807, 2.05) is 63.2 Å². The monoisotopic (exact) mass is 425 g/mol. The molecular formula is C25H35N3O3. The SMILES string of the molecule is CCN(CC)CCOc1ccc(NC(=O)C(NC(=O)c2cccc(C)c2)C(C)C)cc1. The molecule has 1 unspecified atom stereocenters. The van der Waals surface area contributed by atoms with Crippen LogP contribution in [0.5, 0.6) is 5.75 Å². The summed E-state index contributed by atoms with van der Waals surface area (Å²) in [7, 11) is 0. The highest BCUT2D eigenvalue weighted by Gasteiger charge is 2.24. The molecule has 0 saturated carbocycles. The number of amides is 2. The second-order valence-electron chi connectivity index (χ2n) is 7.95. The summed E-state index contributed by atoms with van der Waals surface area (Å²) in [5, 5.41) is 5.75. The first-order valence-electron chi connectivity index (χ1n) is 11.0. The van der Waals surface area contributed by atoms with Gasteiger partial charge in [0.25, 0.3) is 5.91 Å². The summed E-state index contributed by atoms with van der Waals surface area (Å²) in [6, 6.07) is 14.0. The van der Waals surface area contributed by atoms with Crippen LogP contribution in [0.3, 0.4) is 0 Å². The molecule has 168 valence electrons. The maximum atomic E-state index is 12.8. The fraction of sp³-hybridized carbons (Fsp3) is 0.440. The van der Waals surface area contributed by atoms with Crippen molar-refractivity contribution < 1.29 is 14.3 Å². The number of nitrogens with zero attached hydrogens (tertiary/aromatic N) is 1. The highest BCUT2D eigenvalue weighted by molar-refractivity contribution is 6.01. The molecule has 2 aromatic carbocycles. The van der Waals surface area contributed by atoms with Gasteiger partial charge in [0.2, 0.25) is 5.91 Å². The van der Waals surface area contributed by atoms with Crippen LogP contribution in [0, 0.1) is 12.8 Å². The van der Waals surface area contributed by atoms with E-state index in [0.717, 1.165) is 30.9 Å². The third kappa shape index (κ3) is 7.72. The van der Waals surface area contributed by atoms with E-state index in [-0.39, 0.29) is 17.7 Å². The van der Waals surface area contributed by atoms with Gasteiger partial charge in [-0.3, -0.25) is 9.59 Å². The molecule has 0 radical (unpaired) electrons. The number of nitrogens with one attached hydrogen (secondary N) is 2. The minimum Gasteiger partial charge on any atom is -0.492 e. The van der Waals surface area contributed by atoms with Gasteiger partial charge in [-0.1, -0.05) is 45.4 Å². The molecule has 6 nitrogen and oxygen atoms in total. The first-order chi connectivity index (χ1) is 14.8. The molecule has 31 heavy (non-hydrogen) atoms. The maximum absolute atomic E-state index is 12.8. The minimum absolute atomic E-state index is 0.0588. The Bertz CT molecular complexity index is 845. The average Bonchev–Trinajstić information content (AvgIpc) is 2.75. The van der Waals surface area contributed by atoms with E-state index in [9.17, 15) is 9.59 Å². The molecule has 2 aromatic rings. The number of carbonyl (C=O) groups excluding carboxylic acids is 2. The average molecular weight is 426 g/mol. The van der Waals surface area contributed by atoms with Gasteiger partial charge >= 0.3 is 0 Å². The Labute approximate surface area is 186 Å². The van der Waals surface area contributed by atoms with Crippen molar-refractivity contribution in [2.75, 3.05) is 31.6 Å². The Hall–Kier alpha value is -2.86. The van der Waals surface area contributed by atoms with Crippen LogP contribution in [0.2, 0.25) is 0 Å². The number of anilines is 1. The van der Waals surface area contributed by atoms with Crippen molar-refractivity contribution in [3.05, 3.63) is 59.7 Å². The number of ether oxygens (including phenoxy) is 1. The molecule has 0 fully saturated rings. The van der Waals surface area contributed by atoms with Gasteiger partial charge in [0.05, 0.1) is 0 Å². The van der Waals surface area contributed by atoms with Crippen molar-refractivity contribution in [2.24, 2.45) is 5.92 Å².